The van der Waals surface area contributed by atoms with E-state index in [4.69, 9.17) is 0 Å². The molecule has 9 nitrogen and oxygen atoms in total. The maximum absolute atomic E-state index is 13.2. The minimum atomic E-state index is -3.77. The zero-order valence-electron chi connectivity index (χ0n) is 19.5. The van der Waals surface area contributed by atoms with Gasteiger partial charge in [0, 0.05) is 56.6 Å². The van der Waals surface area contributed by atoms with E-state index < -0.39 is 10.0 Å². The lowest BCUT2D eigenvalue weighted by molar-refractivity contribution is -0.120. The number of rotatable bonds is 6. The predicted octanol–water partition coefficient (Wildman–Crippen LogP) is 2.50. The van der Waals surface area contributed by atoms with Crippen molar-refractivity contribution in [2.75, 3.05) is 31.5 Å². The van der Waals surface area contributed by atoms with Crippen LogP contribution < -0.4 is 5.32 Å². The van der Waals surface area contributed by atoms with Crippen LogP contribution in [0.2, 0.25) is 0 Å². The second-order valence-corrected chi connectivity index (χ2v) is 10.9. The highest BCUT2D eigenvalue weighted by atomic mass is 32.2. The van der Waals surface area contributed by atoms with Gasteiger partial charge >= 0.3 is 0 Å². The summed E-state index contributed by atoms with van der Waals surface area (Å²) < 4.78 is 29.4. The molecule has 0 radical (unpaired) electrons. The summed E-state index contributed by atoms with van der Waals surface area (Å²) in [7, 11) is -2.09. The molecule has 182 valence electrons. The zero-order valence-corrected chi connectivity index (χ0v) is 20.3. The Morgan fingerprint density at radius 1 is 1.00 bits per heavy atom. The van der Waals surface area contributed by atoms with E-state index in [-0.39, 0.29) is 41.5 Å². The lowest BCUT2D eigenvalue weighted by Crippen LogP contribution is -2.41. The number of aryl methyl sites for hydroxylation is 1. The molecular weight excluding hydrogens is 456 g/mol. The molecule has 2 aliphatic heterocycles. The average Bonchev–Trinajstić information content (AvgIpc) is 3.49. The van der Waals surface area contributed by atoms with E-state index in [1.165, 1.54) is 23.5 Å². The Morgan fingerprint density at radius 3 is 2.32 bits per heavy atom. The molecule has 34 heavy (non-hydrogen) atoms. The minimum absolute atomic E-state index is 0.0826. The van der Waals surface area contributed by atoms with E-state index in [9.17, 15) is 22.8 Å². The van der Waals surface area contributed by atoms with E-state index in [0.29, 0.717) is 42.9 Å². The maximum Gasteiger partial charge on any atom is 0.270 e. The van der Waals surface area contributed by atoms with Crippen LogP contribution in [0.15, 0.2) is 41.4 Å². The van der Waals surface area contributed by atoms with Crippen LogP contribution in [-0.4, -0.2) is 66.0 Å². The third-order valence-electron chi connectivity index (χ3n) is 6.59. The smallest absolute Gasteiger partial charge is 0.270 e. The number of piperidine rings is 1. The molecule has 3 heterocycles. The molecule has 2 aliphatic rings. The fourth-order valence-electron chi connectivity index (χ4n) is 4.54. The molecule has 0 atom stereocenters. The first kappa shape index (κ1) is 24.2. The number of carbonyl (C=O) groups is 3. The number of Topliss-reactive ketones (excluding diaryl/α,β-unsaturated/α-hetero) is 1. The van der Waals surface area contributed by atoms with Gasteiger partial charge in [0.2, 0.25) is 15.9 Å². The van der Waals surface area contributed by atoms with Crippen LogP contribution in [0.5, 0.6) is 0 Å². The molecule has 1 aromatic heterocycles. The van der Waals surface area contributed by atoms with Gasteiger partial charge in [0.15, 0.2) is 5.78 Å². The number of likely N-dealkylation sites (tertiary alicyclic amines) is 1. The number of benzene rings is 1. The molecule has 2 aromatic rings. The van der Waals surface area contributed by atoms with Crippen molar-refractivity contribution in [1.29, 1.82) is 0 Å². The van der Waals surface area contributed by atoms with E-state index in [2.05, 4.69) is 5.32 Å². The molecule has 0 spiro atoms. The van der Waals surface area contributed by atoms with Crippen molar-refractivity contribution in [3.05, 3.63) is 47.8 Å². The third-order valence-corrected chi connectivity index (χ3v) is 8.46. The first-order chi connectivity index (χ1) is 16.2. The SMILES string of the molecule is CC(=O)c1cccc(NC(=O)C2CCN(S(=O)(=O)c3cc(C(=O)N4CCCC4)n(C)c3)CC2)c1. The van der Waals surface area contributed by atoms with E-state index in [0.717, 1.165) is 12.8 Å². The van der Waals surface area contributed by atoms with Crippen molar-refractivity contribution in [2.45, 2.75) is 37.5 Å². The largest absolute Gasteiger partial charge is 0.345 e. The van der Waals surface area contributed by atoms with Gasteiger partial charge in [0.25, 0.3) is 5.91 Å². The van der Waals surface area contributed by atoms with Crippen LogP contribution in [-0.2, 0) is 21.9 Å². The Labute approximate surface area is 199 Å². The standard InChI is InChI=1S/C24H30N4O5S/c1-17(29)19-6-5-7-20(14-19)25-23(30)18-8-12-28(13-9-18)34(32,33)21-15-22(26(2)16-21)24(31)27-10-3-4-11-27/h5-7,14-16,18H,3-4,8-13H2,1-2H3,(H,25,30). The molecule has 0 aliphatic carbocycles. The Hall–Kier alpha value is -2.98. The number of nitrogens with zero attached hydrogens (tertiary/aromatic N) is 3. The van der Waals surface area contributed by atoms with E-state index >= 15 is 0 Å². The van der Waals surface area contributed by atoms with Crippen molar-refractivity contribution in [3.8, 4) is 0 Å². The van der Waals surface area contributed by atoms with Crippen molar-refractivity contribution in [2.24, 2.45) is 13.0 Å². The van der Waals surface area contributed by atoms with Gasteiger partial charge in [-0.2, -0.15) is 4.31 Å². The second-order valence-electron chi connectivity index (χ2n) is 8.98. The Morgan fingerprint density at radius 2 is 1.68 bits per heavy atom. The van der Waals surface area contributed by atoms with Gasteiger partial charge in [-0.05, 0) is 50.8 Å². The molecular formula is C24H30N4O5S. The lowest BCUT2D eigenvalue weighted by atomic mass is 9.97. The fraction of sp³-hybridized carbons (Fsp3) is 0.458. The van der Waals surface area contributed by atoms with Crippen LogP contribution in [0, 0.1) is 5.92 Å². The average molecular weight is 487 g/mol. The summed E-state index contributed by atoms with van der Waals surface area (Å²) in [6.45, 7) is 3.30. The van der Waals surface area contributed by atoms with Crippen LogP contribution >= 0.6 is 0 Å². The molecule has 10 heteroatoms. The first-order valence-electron chi connectivity index (χ1n) is 11.5. The van der Waals surface area contributed by atoms with Gasteiger partial charge in [-0.1, -0.05) is 12.1 Å². The number of aromatic nitrogens is 1. The zero-order chi connectivity index (χ0) is 24.5. The molecule has 2 fully saturated rings. The normalized spacial score (nSPS) is 17.6. The number of hydrogen-bond donors (Lipinski definition) is 1. The van der Waals surface area contributed by atoms with E-state index in [1.807, 2.05) is 0 Å². The van der Waals surface area contributed by atoms with E-state index in [1.54, 1.807) is 40.8 Å². The van der Waals surface area contributed by atoms with Crippen molar-refractivity contribution in [1.82, 2.24) is 13.8 Å². The van der Waals surface area contributed by atoms with Gasteiger partial charge < -0.3 is 14.8 Å². The Balaban J connectivity index is 1.39. The molecule has 2 saturated heterocycles. The summed E-state index contributed by atoms with van der Waals surface area (Å²) in [6.07, 6.45) is 4.20. The molecule has 4 rings (SSSR count). The number of amides is 2. The second kappa shape index (κ2) is 9.71. The highest BCUT2D eigenvalue weighted by Gasteiger charge is 2.34. The van der Waals surface area contributed by atoms with Crippen molar-refractivity contribution >= 4 is 33.3 Å². The monoisotopic (exact) mass is 486 g/mol. The summed E-state index contributed by atoms with van der Waals surface area (Å²) in [5.41, 5.74) is 1.43. The molecule has 0 saturated carbocycles. The summed E-state index contributed by atoms with van der Waals surface area (Å²) in [4.78, 5) is 38.9. The Bertz CT molecular complexity index is 1210. The number of nitrogens with one attached hydrogen (secondary N) is 1. The summed E-state index contributed by atoms with van der Waals surface area (Å²) in [5, 5.41) is 2.84. The minimum Gasteiger partial charge on any atom is -0.345 e. The van der Waals surface area contributed by atoms with Crippen LogP contribution in [0.3, 0.4) is 0 Å². The number of anilines is 1. The topological polar surface area (TPSA) is 109 Å². The number of carbonyl (C=O) groups excluding carboxylic acids is 3. The molecule has 0 bridgehead atoms. The van der Waals surface area contributed by atoms with Crippen LogP contribution in [0.25, 0.3) is 0 Å². The summed E-state index contributed by atoms with van der Waals surface area (Å²) in [5.74, 6) is -0.738. The third kappa shape index (κ3) is 4.92. The Kier molecular flexibility index (Phi) is 6.90. The number of hydrogen-bond acceptors (Lipinski definition) is 5. The van der Waals surface area contributed by atoms with Gasteiger partial charge in [0.1, 0.15) is 10.6 Å². The molecule has 2 amide bonds. The quantitative estimate of drug-likeness (QED) is 0.631. The highest BCUT2D eigenvalue weighted by molar-refractivity contribution is 7.89. The number of ketones is 1. The van der Waals surface area contributed by atoms with Crippen molar-refractivity contribution < 1.29 is 22.8 Å². The van der Waals surface area contributed by atoms with Gasteiger partial charge in [0.05, 0.1) is 0 Å². The maximum atomic E-state index is 13.2. The van der Waals surface area contributed by atoms with Gasteiger partial charge in [-0.25, -0.2) is 8.42 Å². The fourth-order valence-corrected chi connectivity index (χ4v) is 6.08. The van der Waals surface area contributed by atoms with Gasteiger partial charge in [-0.15, -0.1) is 0 Å². The molecule has 1 aromatic carbocycles. The molecule has 1 N–H and O–H groups in total. The van der Waals surface area contributed by atoms with Crippen LogP contribution in [0.1, 0.15) is 53.5 Å². The number of sulfonamides is 1. The first-order valence-corrected chi connectivity index (χ1v) is 13.0. The molecule has 0 unspecified atom stereocenters. The van der Waals surface area contributed by atoms with Crippen LogP contribution in [0.4, 0.5) is 5.69 Å². The van der Waals surface area contributed by atoms with Gasteiger partial charge in [-0.3, -0.25) is 14.4 Å². The predicted molar refractivity (Wildman–Crippen MR) is 127 cm³/mol. The summed E-state index contributed by atoms with van der Waals surface area (Å²) in [6, 6.07) is 8.21. The van der Waals surface area contributed by atoms with Crippen molar-refractivity contribution in [3.63, 3.8) is 0 Å². The highest BCUT2D eigenvalue weighted by Crippen LogP contribution is 2.27. The lowest BCUT2D eigenvalue weighted by Gasteiger charge is -2.30. The summed E-state index contributed by atoms with van der Waals surface area (Å²) >= 11 is 0.